The highest BCUT2D eigenvalue weighted by Crippen LogP contribution is 2.68. The third kappa shape index (κ3) is 2.67. The van der Waals surface area contributed by atoms with Gasteiger partial charge in [0.15, 0.2) is 0 Å². The lowest BCUT2D eigenvalue weighted by Gasteiger charge is -2.61. The third-order valence-corrected chi connectivity index (χ3v) is 10.3. The van der Waals surface area contributed by atoms with Gasteiger partial charge in [0.25, 0.3) is 0 Å². The van der Waals surface area contributed by atoms with Crippen LogP contribution in [-0.2, 0) is 6.42 Å². The molecule has 2 nitrogen and oxygen atoms in total. The Labute approximate surface area is 170 Å². The van der Waals surface area contributed by atoms with Gasteiger partial charge in [-0.15, -0.1) is 0 Å². The van der Waals surface area contributed by atoms with Gasteiger partial charge in [0.2, 0.25) is 0 Å². The van der Waals surface area contributed by atoms with E-state index in [0.717, 1.165) is 37.5 Å². The van der Waals surface area contributed by atoms with E-state index in [1.54, 1.807) is 0 Å². The maximum atomic E-state index is 11.9. The Kier molecular flexibility index (Phi) is 4.49. The second-order valence-corrected chi connectivity index (χ2v) is 11.3. The van der Waals surface area contributed by atoms with Gasteiger partial charge in [-0.3, -0.25) is 0 Å². The molecule has 2 N–H and O–H groups in total. The van der Waals surface area contributed by atoms with Crippen LogP contribution in [0.15, 0.2) is 30.3 Å². The van der Waals surface area contributed by atoms with Crippen LogP contribution in [0.2, 0.25) is 0 Å². The molecule has 28 heavy (non-hydrogen) atoms. The van der Waals surface area contributed by atoms with Crippen LogP contribution in [0.5, 0.6) is 0 Å². The molecule has 0 aromatic heterocycles. The van der Waals surface area contributed by atoms with Gasteiger partial charge >= 0.3 is 0 Å². The van der Waals surface area contributed by atoms with Crippen molar-refractivity contribution in [3.63, 3.8) is 0 Å². The fourth-order valence-electron chi connectivity index (χ4n) is 8.57. The molecule has 1 unspecified atom stereocenters. The Morgan fingerprint density at radius 3 is 2.43 bits per heavy atom. The number of benzene rings is 1. The van der Waals surface area contributed by atoms with Crippen LogP contribution in [0, 0.1) is 34.5 Å². The molecular formula is C26H38O2. The number of aliphatic hydroxyl groups is 2. The number of fused-ring (bicyclic) bond motifs is 5. The summed E-state index contributed by atoms with van der Waals surface area (Å²) in [6.07, 6.45) is 11.2. The van der Waals surface area contributed by atoms with Crippen molar-refractivity contribution in [1.29, 1.82) is 0 Å². The first-order chi connectivity index (χ1) is 13.4. The molecule has 4 saturated carbocycles. The SMILES string of the molecule is C[C@]12CC[C@H](O)CC1CC[C@@H]1[C@@H]2CC[C@@]2(C)[C@H]1CC[C@@]2(O)Cc1ccccc1. The van der Waals surface area contributed by atoms with Gasteiger partial charge in [-0.1, -0.05) is 44.2 Å². The molecule has 0 heterocycles. The largest absolute Gasteiger partial charge is 0.393 e. The number of hydrogen-bond donors (Lipinski definition) is 2. The minimum absolute atomic E-state index is 0.0569. The van der Waals surface area contributed by atoms with Crippen molar-refractivity contribution in [3.05, 3.63) is 35.9 Å². The Morgan fingerprint density at radius 1 is 0.893 bits per heavy atom. The molecule has 5 rings (SSSR count). The molecule has 0 spiro atoms. The zero-order chi connectivity index (χ0) is 19.6. The average molecular weight is 383 g/mol. The van der Waals surface area contributed by atoms with Crippen LogP contribution in [0.1, 0.15) is 77.2 Å². The fraction of sp³-hybridized carbons (Fsp3) is 0.769. The second-order valence-electron chi connectivity index (χ2n) is 11.3. The van der Waals surface area contributed by atoms with Gasteiger partial charge in [0, 0.05) is 6.42 Å². The number of rotatable bonds is 2. The van der Waals surface area contributed by atoms with Crippen LogP contribution in [0.3, 0.4) is 0 Å². The molecule has 4 fully saturated rings. The predicted molar refractivity (Wildman–Crippen MR) is 113 cm³/mol. The van der Waals surface area contributed by atoms with Crippen molar-refractivity contribution in [1.82, 2.24) is 0 Å². The molecule has 0 bridgehead atoms. The van der Waals surface area contributed by atoms with Crippen molar-refractivity contribution >= 4 is 0 Å². The first kappa shape index (κ1) is 19.1. The molecule has 2 heteroatoms. The highest BCUT2D eigenvalue weighted by atomic mass is 16.3. The Hall–Kier alpha value is -0.860. The summed E-state index contributed by atoms with van der Waals surface area (Å²) in [4.78, 5) is 0. The van der Waals surface area contributed by atoms with E-state index in [4.69, 9.17) is 0 Å². The summed E-state index contributed by atoms with van der Waals surface area (Å²) in [6.45, 7) is 4.97. The average Bonchev–Trinajstić information content (AvgIpc) is 2.94. The molecule has 4 aliphatic rings. The fourth-order valence-corrected chi connectivity index (χ4v) is 8.57. The van der Waals surface area contributed by atoms with Crippen LogP contribution in [-0.4, -0.2) is 21.9 Å². The summed E-state index contributed by atoms with van der Waals surface area (Å²) in [5.74, 6) is 2.96. The first-order valence-electron chi connectivity index (χ1n) is 11.8. The molecule has 0 radical (unpaired) electrons. The first-order valence-corrected chi connectivity index (χ1v) is 11.8. The van der Waals surface area contributed by atoms with E-state index < -0.39 is 5.60 Å². The standard InChI is InChI=1S/C26H38O2/c1-24-13-10-20(27)16-19(24)8-9-21-22(24)11-14-25(2)23(21)12-15-26(25,28)17-18-6-4-3-5-7-18/h3-7,19-23,27-28H,8-17H2,1-2H3/t19?,20-,21+,22-,23-,24-,25-,26+/m0/s1. The van der Waals surface area contributed by atoms with Crippen molar-refractivity contribution < 1.29 is 10.2 Å². The topological polar surface area (TPSA) is 40.5 Å². The summed E-state index contributed by atoms with van der Waals surface area (Å²) in [7, 11) is 0. The Morgan fingerprint density at radius 2 is 1.64 bits per heavy atom. The van der Waals surface area contributed by atoms with Crippen LogP contribution in [0.4, 0.5) is 0 Å². The van der Waals surface area contributed by atoms with E-state index in [1.165, 1.54) is 44.1 Å². The van der Waals surface area contributed by atoms with E-state index in [1.807, 2.05) is 0 Å². The van der Waals surface area contributed by atoms with Gasteiger partial charge in [-0.25, -0.2) is 0 Å². The third-order valence-electron chi connectivity index (χ3n) is 10.3. The summed E-state index contributed by atoms with van der Waals surface area (Å²) >= 11 is 0. The minimum atomic E-state index is -0.551. The maximum absolute atomic E-state index is 11.9. The number of hydrogen-bond acceptors (Lipinski definition) is 2. The monoisotopic (exact) mass is 382 g/mol. The van der Waals surface area contributed by atoms with Gasteiger partial charge in [-0.05, 0) is 97.9 Å². The van der Waals surface area contributed by atoms with Crippen molar-refractivity contribution in [2.24, 2.45) is 34.5 Å². The molecule has 154 valence electrons. The van der Waals surface area contributed by atoms with E-state index in [9.17, 15) is 10.2 Å². The highest BCUT2D eigenvalue weighted by molar-refractivity contribution is 5.22. The molecule has 4 aliphatic carbocycles. The number of aliphatic hydroxyl groups excluding tert-OH is 1. The minimum Gasteiger partial charge on any atom is -0.393 e. The van der Waals surface area contributed by atoms with Gasteiger partial charge in [-0.2, -0.15) is 0 Å². The Balaban J connectivity index is 1.41. The summed E-state index contributed by atoms with van der Waals surface area (Å²) in [5, 5.41) is 22.1. The van der Waals surface area contributed by atoms with Crippen molar-refractivity contribution in [2.45, 2.75) is 89.8 Å². The van der Waals surface area contributed by atoms with Crippen LogP contribution < -0.4 is 0 Å². The zero-order valence-corrected chi connectivity index (χ0v) is 17.7. The molecule has 1 aromatic carbocycles. The van der Waals surface area contributed by atoms with E-state index in [2.05, 4.69) is 44.2 Å². The summed E-state index contributed by atoms with van der Waals surface area (Å²) < 4.78 is 0. The normalized spacial score (nSPS) is 50.5. The van der Waals surface area contributed by atoms with E-state index >= 15 is 0 Å². The van der Waals surface area contributed by atoms with Gasteiger partial charge in [0.05, 0.1) is 11.7 Å². The summed E-state index contributed by atoms with van der Waals surface area (Å²) in [5.41, 5.74) is 1.21. The van der Waals surface area contributed by atoms with Crippen LogP contribution in [0.25, 0.3) is 0 Å². The Bertz CT molecular complexity index is 716. The van der Waals surface area contributed by atoms with Crippen molar-refractivity contribution in [2.75, 3.05) is 0 Å². The predicted octanol–water partition coefficient (Wildman–Crippen LogP) is 5.36. The summed E-state index contributed by atoms with van der Waals surface area (Å²) in [6, 6.07) is 10.6. The molecule has 0 amide bonds. The van der Waals surface area contributed by atoms with E-state index in [0.29, 0.717) is 17.3 Å². The molecule has 1 aromatic rings. The lowest BCUT2D eigenvalue weighted by molar-refractivity contribution is -0.158. The van der Waals surface area contributed by atoms with Crippen LogP contribution >= 0.6 is 0 Å². The van der Waals surface area contributed by atoms with E-state index in [-0.39, 0.29) is 11.5 Å². The zero-order valence-electron chi connectivity index (χ0n) is 17.7. The molecule has 0 aliphatic heterocycles. The van der Waals surface area contributed by atoms with Gasteiger partial charge < -0.3 is 10.2 Å². The smallest absolute Gasteiger partial charge is 0.0744 e. The molecule has 0 saturated heterocycles. The van der Waals surface area contributed by atoms with Crippen molar-refractivity contribution in [3.8, 4) is 0 Å². The molecule has 8 atom stereocenters. The second kappa shape index (κ2) is 6.57. The molecular weight excluding hydrogens is 344 g/mol. The maximum Gasteiger partial charge on any atom is 0.0744 e. The lowest BCUT2D eigenvalue weighted by Crippen LogP contribution is -2.57. The van der Waals surface area contributed by atoms with Gasteiger partial charge in [0.1, 0.15) is 0 Å². The lowest BCUT2D eigenvalue weighted by atomic mass is 9.44. The quantitative estimate of drug-likeness (QED) is 0.722. The highest BCUT2D eigenvalue weighted by Gasteiger charge is 2.64.